The number of hydrogen-bond acceptors (Lipinski definition) is 1. The lowest BCUT2D eigenvalue weighted by Gasteiger charge is -2.11. The Hall–Kier alpha value is -0.530. The molecule has 0 aliphatic heterocycles. The molecule has 0 aliphatic carbocycles. The first kappa shape index (κ1) is 14.5. The van der Waals surface area contributed by atoms with Gasteiger partial charge in [-0.05, 0) is 35.9 Å². The molecule has 0 bridgehead atoms. The molecule has 0 saturated carbocycles. The maximum atomic E-state index is 5.62. The molecule has 1 nitrogen and oxygen atoms in total. The van der Waals surface area contributed by atoms with E-state index in [1.165, 1.54) is 11.1 Å². The van der Waals surface area contributed by atoms with Gasteiger partial charge in [-0.25, -0.2) is 0 Å². The third-order valence-corrected chi connectivity index (χ3v) is 2.60. The van der Waals surface area contributed by atoms with E-state index in [0.29, 0.717) is 11.8 Å². The van der Waals surface area contributed by atoms with E-state index in [2.05, 4.69) is 45.0 Å². The van der Waals surface area contributed by atoms with Crippen LogP contribution in [-0.4, -0.2) is 6.54 Å². The maximum absolute atomic E-state index is 5.62. The summed E-state index contributed by atoms with van der Waals surface area (Å²) in [6.07, 6.45) is 1.09. The van der Waals surface area contributed by atoms with Crippen molar-refractivity contribution in [3.8, 4) is 0 Å². The molecule has 0 spiro atoms. The third-order valence-electron chi connectivity index (χ3n) is 2.60. The second-order valence-electron chi connectivity index (χ2n) is 4.44. The van der Waals surface area contributed by atoms with Gasteiger partial charge in [0.15, 0.2) is 0 Å². The molecule has 1 unspecified atom stereocenters. The van der Waals surface area contributed by atoms with Gasteiger partial charge in [-0.2, -0.15) is 0 Å². The van der Waals surface area contributed by atoms with Crippen LogP contribution >= 0.6 is 12.4 Å². The van der Waals surface area contributed by atoms with E-state index in [9.17, 15) is 0 Å². The first-order chi connectivity index (χ1) is 6.63. The average Bonchev–Trinajstić information content (AvgIpc) is 2.18. The zero-order valence-corrected chi connectivity index (χ0v) is 10.7. The van der Waals surface area contributed by atoms with Crippen LogP contribution in [0.25, 0.3) is 0 Å². The lowest BCUT2D eigenvalue weighted by atomic mass is 9.96. The molecule has 0 fully saturated rings. The minimum absolute atomic E-state index is 0. The highest BCUT2D eigenvalue weighted by Crippen LogP contribution is 2.17. The topological polar surface area (TPSA) is 26.0 Å². The Bertz CT molecular complexity index is 284. The second-order valence-corrected chi connectivity index (χ2v) is 4.44. The van der Waals surface area contributed by atoms with Crippen LogP contribution in [-0.2, 0) is 6.42 Å². The largest absolute Gasteiger partial charge is 0.330 e. The number of benzene rings is 1. The molecule has 1 rings (SSSR count). The van der Waals surface area contributed by atoms with E-state index in [0.717, 1.165) is 13.0 Å². The molecule has 86 valence electrons. The summed E-state index contributed by atoms with van der Waals surface area (Å²) in [5.74, 6) is 1.19. The van der Waals surface area contributed by atoms with Gasteiger partial charge in [0.1, 0.15) is 0 Å². The van der Waals surface area contributed by atoms with Gasteiger partial charge in [0.25, 0.3) is 0 Å². The quantitative estimate of drug-likeness (QED) is 0.839. The molecule has 1 aromatic carbocycles. The van der Waals surface area contributed by atoms with Crippen molar-refractivity contribution in [2.75, 3.05) is 6.54 Å². The molecular weight excluding hydrogens is 206 g/mol. The highest BCUT2D eigenvalue weighted by molar-refractivity contribution is 5.85. The van der Waals surface area contributed by atoms with Crippen molar-refractivity contribution < 1.29 is 0 Å². The Morgan fingerprint density at radius 1 is 1.20 bits per heavy atom. The fraction of sp³-hybridized carbons (Fsp3) is 0.538. The Morgan fingerprint density at radius 3 is 2.40 bits per heavy atom. The highest BCUT2D eigenvalue weighted by Gasteiger charge is 2.03. The molecule has 2 N–H and O–H groups in total. The van der Waals surface area contributed by atoms with Gasteiger partial charge in [0.05, 0.1) is 0 Å². The summed E-state index contributed by atoms with van der Waals surface area (Å²) in [7, 11) is 0. The predicted octanol–water partition coefficient (Wildman–Crippen LogP) is 3.37. The van der Waals surface area contributed by atoms with Crippen molar-refractivity contribution in [2.45, 2.75) is 33.1 Å². The summed E-state index contributed by atoms with van der Waals surface area (Å²) in [5.41, 5.74) is 8.45. The van der Waals surface area contributed by atoms with Crippen molar-refractivity contribution >= 4 is 12.4 Å². The first-order valence-corrected chi connectivity index (χ1v) is 5.42. The summed E-state index contributed by atoms with van der Waals surface area (Å²) >= 11 is 0. The predicted molar refractivity (Wildman–Crippen MR) is 69.7 cm³/mol. The van der Waals surface area contributed by atoms with E-state index in [4.69, 9.17) is 5.73 Å². The van der Waals surface area contributed by atoms with Gasteiger partial charge in [0, 0.05) is 0 Å². The molecule has 0 saturated heterocycles. The van der Waals surface area contributed by atoms with Gasteiger partial charge in [0.2, 0.25) is 0 Å². The van der Waals surface area contributed by atoms with Crippen molar-refractivity contribution in [1.82, 2.24) is 0 Å². The maximum Gasteiger partial charge on any atom is -0.00483 e. The van der Waals surface area contributed by atoms with Crippen LogP contribution in [0, 0.1) is 5.92 Å². The lowest BCUT2D eigenvalue weighted by Crippen LogP contribution is -2.13. The Labute approximate surface area is 99.5 Å². The van der Waals surface area contributed by atoms with Crippen molar-refractivity contribution in [3.05, 3.63) is 35.4 Å². The molecule has 0 radical (unpaired) electrons. The highest BCUT2D eigenvalue weighted by atomic mass is 35.5. The fourth-order valence-corrected chi connectivity index (χ4v) is 1.56. The molecule has 0 aromatic heterocycles. The standard InChI is InChI=1S/C13H21N.ClH/c1-10(2)13-6-4-5-12(8-13)7-11(3)9-14;/h4-6,8,10-11H,7,9,14H2,1-3H3;1H. The summed E-state index contributed by atoms with van der Waals surface area (Å²) in [6.45, 7) is 7.42. The Kier molecular flexibility index (Phi) is 6.62. The summed E-state index contributed by atoms with van der Waals surface area (Å²) in [6, 6.07) is 8.84. The third kappa shape index (κ3) is 4.67. The van der Waals surface area contributed by atoms with Crippen LogP contribution in [0.1, 0.15) is 37.8 Å². The van der Waals surface area contributed by atoms with Gasteiger partial charge >= 0.3 is 0 Å². The first-order valence-electron chi connectivity index (χ1n) is 5.42. The monoisotopic (exact) mass is 227 g/mol. The van der Waals surface area contributed by atoms with Crippen LogP contribution in [0.15, 0.2) is 24.3 Å². The van der Waals surface area contributed by atoms with Crippen LogP contribution in [0.5, 0.6) is 0 Å². The average molecular weight is 228 g/mol. The fourth-order valence-electron chi connectivity index (χ4n) is 1.56. The number of rotatable bonds is 4. The molecule has 0 aliphatic rings. The SMILES string of the molecule is CC(CN)Cc1cccc(C(C)C)c1.Cl. The lowest BCUT2D eigenvalue weighted by molar-refractivity contribution is 0.592. The molecule has 2 heteroatoms. The molecule has 0 heterocycles. The number of nitrogens with two attached hydrogens (primary N) is 1. The van der Waals surface area contributed by atoms with Gasteiger partial charge in [-0.15, -0.1) is 12.4 Å². The Balaban J connectivity index is 0.00000196. The van der Waals surface area contributed by atoms with E-state index in [-0.39, 0.29) is 12.4 Å². The van der Waals surface area contributed by atoms with Crippen molar-refractivity contribution in [3.63, 3.8) is 0 Å². The van der Waals surface area contributed by atoms with E-state index in [1.54, 1.807) is 0 Å². The number of halogens is 1. The summed E-state index contributed by atoms with van der Waals surface area (Å²) in [5, 5.41) is 0. The molecule has 1 aromatic rings. The number of hydrogen-bond donors (Lipinski definition) is 1. The Morgan fingerprint density at radius 2 is 1.87 bits per heavy atom. The zero-order chi connectivity index (χ0) is 10.6. The van der Waals surface area contributed by atoms with Gasteiger partial charge in [-0.1, -0.05) is 45.0 Å². The molecular formula is C13H22ClN. The summed E-state index contributed by atoms with van der Waals surface area (Å²) < 4.78 is 0. The summed E-state index contributed by atoms with van der Waals surface area (Å²) in [4.78, 5) is 0. The van der Waals surface area contributed by atoms with E-state index < -0.39 is 0 Å². The van der Waals surface area contributed by atoms with Gasteiger partial charge in [-0.3, -0.25) is 0 Å². The van der Waals surface area contributed by atoms with Crippen molar-refractivity contribution in [1.29, 1.82) is 0 Å². The van der Waals surface area contributed by atoms with E-state index in [1.807, 2.05) is 0 Å². The van der Waals surface area contributed by atoms with Crippen LogP contribution in [0.3, 0.4) is 0 Å². The molecule has 1 atom stereocenters. The van der Waals surface area contributed by atoms with Crippen LogP contribution in [0.4, 0.5) is 0 Å². The molecule has 0 amide bonds. The smallest absolute Gasteiger partial charge is 0.00483 e. The van der Waals surface area contributed by atoms with E-state index >= 15 is 0 Å². The molecule has 15 heavy (non-hydrogen) atoms. The van der Waals surface area contributed by atoms with Crippen LogP contribution in [0.2, 0.25) is 0 Å². The van der Waals surface area contributed by atoms with Gasteiger partial charge < -0.3 is 5.73 Å². The normalized spacial score (nSPS) is 12.3. The minimum Gasteiger partial charge on any atom is -0.330 e. The van der Waals surface area contributed by atoms with Crippen molar-refractivity contribution in [2.24, 2.45) is 11.7 Å². The second kappa shape index (κ2) is 6.86. The minimum atomic E-state index is 0. The zero-order valence-electron chi connectivity index (χ0n) is 9.86. The van der Waals surface area contributed by atoms with Crippen LogP contribution < -0.4 is 5.73 Å².